The van der Waals surface area contributed by atoms with Gasteiger partial charge in [0.05, 0.1) is 13.1 Å². The first-order valence-corrected chi connectivity index (χ1v) is 7.61. The highest BCUT2D eigenvalue weighted by Gasteiger charge is 2.21. The second-order valence-corrected chi connectivity index (χ2v) is 5.63. The van der Waals surface area contributed by atoms with Gasteiger partial charge in [0.2, 0.25) is 11.8 Å². The zero-order chi connectivity index (χ0) is 15.9. The Morgan fingerprint density at radius 3 is 2.59 bits per heavy atom. The average Bonchev–Trinajstić information content (AvgIpc) is 2.53. The van der Waals surface area contributed by atoms with E-state index in [-0.39, 0.29) is 18.4 Å². The molecule has 6 nitrogen and oxygen atoms in total. The molecule has 1 aliphatic rings. The minimum atomic E-state index is -0.0245. The molecule has 0 aliphatic carbocycles. The number of nitrogens with one attached hydrogen (secondary N) is 1. The van der Waals surface area contributed by atoms with Gasteiger partial charge in [-0.3, -0.25) is 14.5 Å². The van der Waals surface area contributed by atoms with Gasteiger partial charge in [-0.15, -0.1) is 0 Å². The molecule has 0 spiro atoms. The summed E-state index contributed by atoms with van der Waals surface area (Å²) < 4.78 is 0. The van der Waals surface area contributed by atoms with Gasteiger partial charge in [0.15, 0.2) is 0 Å². The molecule has 1 aromatic rings. The topological polar surface area (TPSA) is 78.7 Å². The Bertz CT molecular complexity index is 525. The summed E-state index contributed by atoms with van der Waals surface area (Å²) in [5.74, 6) is -0.0105. The Balaban J connectivity index is 1.71. The molecule has 2 amide bonds. The molecule has 0 unspecified atom stereocenters. The average molecular weight is 304 g/mol. The van der Waals surface area contributed by atoms with Crippen LogP contribution in [0.2, 0.25) is 0 Å². The molecule has 22 heavy (non-hydrogen) atoms. The van der Waals surface area contributed by atoms with Gasteiger partial charge in [-0.25, -0.2) is 0 Å². The largest absolute Gasteiger partial charge is 0.351 e. The number of aryl methyl sites for hydroxylation is 1. The van der Waals surface area contributed by atoms with Gasteiger partial charge in [0, 0.05) is 32.7 Å². The first kappa shape index (κ1) is 16.5. The van der Waals surface area contributed by atoms with Crippen LogP contribution < -0.4 is 11.1 Å². The molecular formula is C16H24N4O2. The highest BCUT2D eigenvalue weighted by atomic mass is 16.2. The number of hydrogen-bond acceptors (Lipinski definition) is 4. The molecular weight excluding hydrogens is 280 g/mol. The maximum Gasteiger partial charge on any atom is 0.236 e. The minimum absolute atomic E-state index is 0.0140. The fraction of sp³-hybridized carbons (Fsp3) is 0.500. The summed E-state index contributed by atoms with van der Waals surface area (Å²) in [4.78, 5) is 27.3. The third-order valence-electron chi connectivity index (χ3n) is 3.84. The Morgan fingerprint density at radius 1 is 1.23 bits per heavy atom. The van der Waals surface area contributed by atoms with Gasteiger partial charge < -0.3 is 16.0 Å². The lowest BCUT2D eigenvalue weighted by molar-refractivity contribution is -0.131. The molecule has 0 atom stereocenters. The molecule has 1 fully saturated rings. The fourth-order valence-electron chi connectivity index (χ4n) is 2.57. The third kappa shape index (κ3) is 4.82. The first-order chi connectivity index (χ1) is 10.6. The Morgan fingerprint density at radius 2 is 1.95 bits per heavy atom. The van der Waals surface area contributed by atoms with Gasteiger partial charge in [0.25, 0.3) is 0 Å². The van der Waals surface area contributed by atoms with Crippen molar-refractivity contribution < 1.29 is 9.59 Å². The quantitative estimate of drug-likeness (QED) is 0.784. The number of amides is 2. The van der Waals surface area contributed by atoms with E-state index in [1.54, 1.807) is 4.90 Å². The highest BCUT2D eigenvalue weighted by Crippen LogP contribution is 2.04. The van der Waals surface area contributed by atoms with Crippen molar-refractivity contribution in [3.05, 3.63) is 35.4 Å². The van der Waals surface area contributed by atoms with E-state index in [4.69, 9.17) is 5.73 Å². The van der Waals surface area contributed by atoms with Crippen molar-refractivity contribution in [1.82, 2.24) is 15.1 Å². The first-order valence-electron chi connectivity index (χ1n) is 7.61. The third-order valence-corrected chi connectivity index (χ3v) is 3.84. The lowest BCUT2D eigenvalue weighted by Crippen LogP contribution is -2.52. The van der Waals surface area contributed by atoms with E-state index in [0.29, 0.717) is 39.3 Å². The second kappa shape index (κ2) is 7.91. The summed E-state index contributed by atoms with van der Waals surface area (Å²) >= 11 is 0. The molecule has 1 saturated heterocycles. The predicted molar refractivity (Wildman–Crippen MR) is 85.1 cm³/mol. The van der Waals surface area contributed by atoms with Crippen LogP contribution in [-0.2, 0) is 16.1 Å². The molecule has 120 valence electrons. The number of nitrogens with zero attached hydrogens (tertiary/aromatic N) is 2. The van der Waals surface area contributed by atoms with E-state index in [2.05, 4.69) is 16.3 Å². The summed E-state index contributed by atoms with van der Waals surface area (Å²) in [7, 11) is 0. The number of hydrogen-bond donors (Lipinski definition) is 2. The van der Waals surface area contributed by atoms with E-state index in [1.165, 1.54) is 5.56 Å². The van der Waals surface area contributed by atoms with Crippen LogP contribution in [0, 0.1) is 6.92 Å². The Hall–Kier alpha value is -1.92. The lowest BCUT2D eigenvalue weighted by Gasteiger charge is -2.34. The van der Waals surface area contributed by atoms with Gasteiger partial charge in [0.1, 0.15) is 0 Å². The number of carbonyl (C=O) groups excluding carboxylic acids is 2. The second-order valence-electron chi connectivity index (χ2n) is 5.63. The number of rotatable bonds is 5. The molecule has 1 aromatic carbocycles. The van der Waals surface area contributed by atoms with Gasteiger partial charge in [-0.05, 0) is 12.5 Å². The van der Waals surface area contributed by atoms with Crippen molar-refractivity contribution in [3.8, 4) is 0 Å². The Labute approximate surface area is 131 Å². The SMILES string of the molecule is Cc1cccc(CNC(=O)CN2CCN(C(=O)CN)CC2)c1. The molecule has 0 aromatic heterocycles. The number of nitrogens with two attached hydrogens (primary N) is 1. The van der Waals surface area contributed by atoms with Crippen molar-refractivity contribution in [1.29, 1.82) is 0 Å². The normalized spacial score (nSPS) is 15.6. The molecule has 1 aliphatic heterocycles. The van der Waals surface area contributed by atoms with Crippen LogP contribution in [0.3, 0.4) is 0 Å². The maximum atomic E-state index is 12.0. The highest BCUT2D eigenvalue weighted by molar-refractivity contribution is 5.79. The number of carbonyl (C=O) groups is 2. The summed E-state index contributed by atoms with van der Waals surface area (Å²) in [5.41, 5.74) is 7.65. The zero-order valence-corrected chi connectivity index (χ0v) is 13.0. The van der Waals surface area contributed by atoms with Crippen molar-refractivity contribution in [2.24, 2.45) is 5.73 Å². The van der Waals surface area contributed by atoms with E-state index in [1.807, 2.05) is 25.1 Å². The van der Waals surface area contributed by atoms with Gasteiger partial charge in [-0.2, -0.15) is 0 Å². The van der Waals surface area contributed by atoms with Crippen LogP contribution in [0.5, 0.6) is 0 Å². The minimum Gasteiger partial charge on any atom is -0.351 e. The predicted octanol–water partition coefficient (Wildman–Crippen LogP) is -0.286. The zero-order valence-electron chi connectivity index (χ0n) is 13.0. The van der Waals surface area contributed by atoms with Crippen LogP contribution in [0.25, 0.3) is 0 Å². The van der Waals surface area contributed by atoms with Gasteiger partial charge >= 0.3 is 0 Å². The van der Waals surface area contributed by atoms with Crippen LogP contribution in [0.1, 0.15) is 11.1 Å². The Kier molecular flexibility index (Phi) is 5.91. The molecule has 6 heteroatoms. The van der Waals surface area contributed by atoms with Crippen LogP contribution in [0.4, 0.5) is 0 Å². The fourth-order valence-corrected chi connectivity index (χ4v) is 2.57. The van der Waals surface area contributed by atoms with Crippen molar-refractivity contribution in [3.63, 3.8) is 0 Å². The van der Waals surface area contributed by atoms with Crippen LogP contribution in [0.15, 0.2) is 24.3 Å². The molecule has 0 radical (unpaired) electrons. The van der Waals surface area contributed by atoms with Crippen LogP contribution >= 0.6 is 0 Å². The number of benzene rings is 1. The van der Waals surface area contributed by atoms with Gasteiger partial charge in [-0.1, -0.05) is 29.8 Å². The van der Waals surface area contributed by atoms with E-state index in [9.17, 15) is 9.59 Å². The van der Waals surface area contributed by atoms with Crippen molar-refractivity contribution >= 4 is 11.8 Å². The van der Waals surface area contributed by atoms with E-state index in [0.717, 1.165) is 5.56 Å². The molecule has 0 saturated carbocycles. The lowest BCUT2D eigenvalue weighted by atomic mass is 10.1. The molecule has 3 N–H and O–H groups in total. The van der Waals surface area contributed by atoms with E-state index < -0.39 is 0 Å². The summed E-state index contributed by atoms with van der Waals surface area (Å²) in [5, 5.41) is 2.94. The van der Waals surface area contributed by atoms with Crippen LogP contribution in [-0.4, -0.2) is 60.9 Å². The summed E-state index contributed by atoms with van der Waals surface area (Å²) in [6, 6.07) is 8.10. The summed E-state index contributed by atoms with van der Waals surface area (Å²) in [6.07, 6.45) is 0. The number of piperazine rings is 1. The molecule has 0 bridgehead atoms. The van der Waals surface area contributed by atoms with Crippen molar-refractivity contribution in [2.75, 3.05) is 39.3 Å². The standard InChI is InChI=1S/C16H24N4O2/c1-13-3-2-4-14(9-13)11-18-15(21)12-19-5-7-20(8-6-19)16(22)10-17/h2-4,9H,5-8,10-12,17H2,1H3,(H,18,21). The monoisotopic (exact) mass is 304 g/mol. The maximum absolute atomic E-state index is 12.0. The smallest absolute Gasteiger partial charge is 0.236 e. The van der Waals surface area contributed by atoms with Crippen molar-refractivity contribution in [2.45, 2.75) is 13.5 Å². The molecule has 2 rings (SSSR count). The summed E-state index contributed by atoms with van der Waals surface area (Å²) in [6.45, 7) is 5.71. The van der Waals surface area contributed by atoms with E-state index >= 15 is 0 Å². The molecule has 1 heterocycles.